The highest BCUT2D eigenvalue weighted by atomic mass is 32.2. The normalized spacial score (nSPS) is 15.1. The molecule has 0 spiro atoms. The van der Waals surface area contributed by atoms with E-state index in [1.165, 1.54) is 41.3 Å². The van der Waals surface area contributed by atoms with E-state index in [9.17, 15) is 23.9 Å². The summed E-state index contributed by atoms with van der Waals surface area (Å²) >= 11 is 2.05. The third kappa shape index (κ3) is 5.92. The van der Waals surface area contributed by atoms with Gasteiger partial charge in [0.15, 0.2) is 10.3 Å². The number of aromatic nitrogens is 1. The molecular weight excluding hydrogens is 553 g/mol. The monoisotopic (exact) mass is 573 g/mol. The van der Waals surface area contributed by atoms with E-state index >= 15 is 0 Å². The summed E-state index contributed by atoms with van der Waals surface area (Å²) in [6, 6.07) is 20.3. The molecule has 12 heteroatoms. The number of anilines is 2. The zero-order valence-corrected chi connectivity index (χ0v) is 22.4. The van der Waals surface area contributed by atoms with E-state index in [-0.39, 0.29) is 32.4 Å². The van der Waals surface area contributed by atoms with Crippen LogP contribution < -0.4 is 15.6 Å². The minimum absolute atomic E-state index is 0.111. The average Bonchev–Trinajstić information content (AvgIpc) is 3.47. The van der Waals surface area contributed by atoms with Gasteiger partial charge in [0, 0.05) is 5.56 Å². The third-order valence-corrected chi connectivity index (χ3v) is 7.63. The lowest BCUT2D eigenvalue weighted by Gasteiger charge is -2.15. The minimum atomic E-state index is -0.568. The van der Waals surface area contributed by atoms with E-state index in [2.05, 4.69) is 20.8 Å². The Hall–Kier alpha value is -4.81. The van der Waals surface area contributed by atoms with Gasteiger partial charge in [-0.2, -0.15) is 0 Å². The molecule has 1 aliphatic rings. The molecule has 5 rings (SSSR count). The summed E-state index contributed by atoms with van der Waals surface area (Å²) in [5.41, 5.74) is 4.39. The Kier molecular flexibility index (Phi) is 7.71. The number of carbonyl (C=O) groups is 3. The SMILES string of the molecule is Cc1nc(NC(=O)c2ccc(F)cc2)sc1C(=O)N/N=C1/S/C(=C/c2ccc(O)cc2)C(=O)N1c1ccccc1. The number of amidine groups is 1. The van der Waals surface area contributed by atoms with Crippen LogP contribution in [0.5, 0.6) is 5.75 Å². The Morgan fingerprint density at radius 2 is 1.70 bits per heavy atom. The molecule has 0 bridgehead atoms. The molecule has 3 N–H and O–H groups in total. The Bertz CT molecular complexity index is 1650. The standard InChI is InChI=1S/C28H20FN5O4S2/c1-16-23(40-27(30-16)31-24(36)18-9-11-19(29)12-10-18)25(37)32-33-28-34(20-5-3-2-4-6-20)26(38)22(39-28)15-17-7-13-21(35)14-8-17/h2-15,35H,1H3,(H,32,37)(H,30,31,36)/b22-15+,33-28+. The van der Waals surface area contributed by atoms with Crippen LogP contribution in [0.25, 0.3) is 6.08 Å². The molecule has 1 fully saturated rings. The number of aryl methyl sites for hydroxylation is 1. The molecule has 0 atom stereocenters. The number of phenols is 1. The van der Waals surface area contributed by atoms with Gasteiger partial charge in [0.2, 0.25) is 0 Å². The van der Waals surface area contributed by atoms with Crippen molar-refractivity contribution in [2.75, 3.05) is 10.2 Å². The van der Waals surface area contributed by atoms with Gasteiger partial charge in [0.05, 0.1) is 16.3 Å². The highest BCUT2D eigenvalue weighted by Crippen LogP contribution is 2.36. The fourth-order valence-electron chi connectivity index (χ4n) is 3.66. The largest absolute Gasteiger partial charge is 0.508 e. The maximum atomic E-state index is 13.3. The van der Waals surface area contributed by atoms with Gasteiger partial charge in [-0.15, -0.1) is 5.10 Å². The molecule has 200 valence electrons. The highest BCUT2D eigenvalue weighted by molar-refractivity contribution is 8.19. The highest BCUT2D eigenvalue weighted by Gasteiger charge is 2.35. The van der Waals surface area contributed by atoms with Crippen LogP contribution in [0.15, 0.2) is 88.9 Å². The smallest absolute Gasteiger partial charge is 0.283 e. The summed E-state index contributed by atoms with van der Waals surface area (Å²) in [5.74, 6) is -1.73. The van der Waals surface area contributed by atoms with Crippen LogP contribution in [0.1, 0.15) is 31.3 Å². The molecule has 3 amide bonds. The first-order valence-corrected chi connectivity index (χ1v) is 13.4. The molecule has 3 aromatic carbocycles. The maximum absolute atomic E-state index is 13.3. The van der Waals surface area contributed by atoms with Crippen molar-refractivity contribution in [3.63, 3.8) is 0 Å². The topological polar surface area (TPSA) is 124 Å². The first-order valence-electron chi connectivity index (χ1n) is 11.8. The molecule has 0 saturated carbocycles. The third-order valence-electron chi connectivity index (χ3n) is 5.59. The van der Waals surface area contributed by atoms with Crippen molar-refractivity contribution in [2.24, 2.45) is 5.10 Å². The first kappa shape index (κ1) is 26.8. The molecule has 0 radical (unpaired) electrons. The Labute approximate surface area is 236 Å². The first-order chi connectivity index (χ1) is 19.3. The quantitative estimate of drug-likeness (QED) is 0.211. The number of carbonyl (C=O) groups excluding carboxylic acids is 3. The van der Waals surface area contributed by atoms with E-state index in [1.807, 2.05) is 6.07 Å². The van der Waals surface area contributed by atoms with E-state index in [0.29, 0.717) is 21.8 Å². The predicted octanol–water partition coefficient (Wildman–Crippen LogP) is 5.37. The van der Waals surface area contributed by atoms with Crippen molar-refractivity contribution in [3.8, 4) is 5.75 Å². The number of phenolic OH excluding ortho intramolecular Hbond substituents is 1. The lowest BCUT2D eigenvalue weighted by Crippen LogP contribution is -2.31. The van der Waals surface area contributed by atoms with Crippen molar-refractivity contribution in [2.45, 2.75) is 6.92 Å². The molecule has 2 heterocycles. The second kappa shape index (κ2) is 11.5. The fraction of sp³-hybridized carbons (Fsp3) is 0.0357. The van der Waals surface area contributed by atoms with Crippen molar-refractivity contribution >= 4 is 62.9 Å². The molecule has 1 aliphatic heterocycles. The van der Waals surface area contributed by atoms with Gasteiger partial charge in [0.25, 0.3) is 17.7 Å². The number of rotatable bonds is 6. The van der Waals surface area contributed by atoms with Crippen molar-refractivity contribution in [1.82, 2.24) is 10.4 Å². The maximum Gasteiger partial charge on any atom is 0.283 e. The number of hydrazone groups is 1. The van der Waals surface area contributed by atoms with Gasteiger partial charge < -0.3 is 5.11 Å². The summed E-state index contributed by atoms with van der Waals surface area (Å²) in [5, 5.41) is 16.8. The van der Waals surface area contributed by atoms with Gasteiger partial charge in [-0.05, 0) is 78.9 Å². The van der Waals surface area contributed by atoms with Gasteiger partial charge >= 0.3 is 0 Å². The lowest BCUT2D eigenvalue weighted by molar-refractivity contribution is -0.113. The van der Waals surface area contributed by atoms with Crippen molar-refractivity contribution < 1.29 is 23.9 Å². The number of halogens is 1. The van der Waals surface area contributed by atoms with Crippen LogP contribution in [0, 0.1) is 12.7 Å². The minimum Gasteiger partial charge on any atom is -0.508 e. The molecule has 0 unspecified atom stereocenters. The summed E-state index contributed by atoms with van der Waals surface area (Å²) in [7, 11) is 0. The van der Waals surface area contributed by atoms with E-state index in [1.54, 1.807) is 49.4 Å². The Morgan fingerprint density at radius 1 is 1.00 bits per heavy atom. The van der Waals surface area contributed by atoms with Gasteiger partial charge in [0.1, 0.15) is 16.4 Å². The Balaban J connectivity index is 1.36. The van der Waals surface area contributed by atoms with Gasteiger partial charge in [-0.3, -0.25) is 24.6 Å². The van der Waals surface area contributed by atoms with Crippen LogP contribution in [0.4, 0.5) is 15.2 Å². The van der Waals surface area contributed by atoms with Crippen LogP contribution in [-0.4, -0.2) is 33.0 Å². The summed E-state index contributed by atoms with van der Waals surface area (Å²) in [4.78, 5) is 45.0. The van der Waals surface area contributed by atoms with Gasteiger partial charge in [-0.1, -0.05) is 41.7 Å². The summed E-state index contributed by atoms with van der Waals surface area (Å²) in [6.07, 6.45) is 1.68. The van der Waals surface area contributed by atoms with Gasteiger partial charge in [-0.25, -0.2) is 14.8 Å². The number of hydrogen-bond acceptors (Lipinski definition) is 8. The van der Waals surface area contributed by atoms with Crippen molar-refractivity contribution in [3.05, 3.63) is 111 Å². The molecular formula is C28H20FN5O4S2. The lowest BCUT2D eigenvalue weighted by atomic mass is 10.2. The van der Waals surface area contributed by atoms with E-state index in [0.717, 1.165) is 23.1 Å². The van der Waals surface area contributed by atoms with E-state index < -0.39 is 17.6 Å². The number of para-hydroxylation sites is 1. The molecule has 9 nitrogen and oxygen atoms in total. The number of nitrogens with zero attached hydrogens (tertiary/aromatic N) is 3. The zero-order valence-electron chi connectivity index (χ0n) is 20.8. The number of nitrogens with one attached hydrogen (secondary N) is 2. The number of amides is 3. The number of thiazole rings is 1. The van der Waals surface area contributed by atoms with Crippen LogP contribution >= 0.6 is 23.1 Å². The van der Waals surface area contributed by atoms with E-state index in [4.69, 9.17) is 0 Å². The number of hydrogen-bond donors (Lipinski definition) is 3. The molecule has 0 aliphatic carbocycles. The zero-order chi connectivity index (χ0) is 28.2. The predicted molar refractivity (Wildman–Crippen MR) is 154 cm³/mol. The Morgan fingerprint density at radius 3 is 2.40 bits per heavy atom. The molecule has 1 saturated heterocycles. The summed E-state index contributed by atoms with van der Waals surface area (Å²) < 4.78 is 13.2. The van der Waals surface area contributed by atoms with Crippen molar-refractivity contribution in [1.29, 1.82) is 0 Å². The number of thioether (sulfide) groups is 1. The molecule has 1 aromatic heterocycles. The summed E-state index contributed by atoms with van der Waals surface area (Å²) in [6.45, 7) is 1.62. The fourth-order valence-corrected chi connectivity index (χ4v) is 5.45. The van der Waals surface area contributed by atoms with Crippen LogP contribution in [-0.2, 0) is 4.79 Å². The van der Waals surface area contributed by atoms with Crippen LogP contribution in [0.3, 0.4) is 0 Å². The molecule has 40 heavy (non-hydrogen) atoms. The second-order valence-corrected chi connectivity index (χ2v) is 10.4. The molecule has 4 aromatic rings. The average molecular weight is 574 g/mol. The number of benzene rings is 3. The second-order valence-electron chi connectivity index (χ2n) is 8.41. The van der Waals surface area contributed by atoms with Crippen LogP contribution in [0.2, 0.25) is 0 Å². The number of aromatic hydroxyl groups is 1.